The highest BCUT2D eigenvalue weighted by Crippen LogP contribution is 2.28. The maximum absolute atomic E-state index is 6.20. The van der Waals surface area contributed by atoms with Gasteiger partial charge in [-0.05, 0) is 48.2 Å². The van der Waals surface area contributed by atoms with Crippen molar-refractivity contribution in [2.45, 2.75) is 12.8 Å². The number of fused-ring (bicyclic) bond motifs is 4. The van der Waals surface area contributed by atoms with Crippen LogP contribution in [0.15, 0.2) is 97.1 Å². The SMILES string of the molecule is c1ccc2c(CCOCCc3c4ccccc4nc4ccccc34)c3ccccc3nc2c1. The van der Waals surface area contributed by atoms with Gasteiger partial charge in [-0.2, -0.15) is 0 Å². The van der Waals surface area contributed by atoms with Crippen LogP contribution in [0.4, 0.5) is 0 Å². The van der Waals surface area contributed by atoms with Gasteiger partial charge in [0.15, 0.2) is 0 Å². The van der Waals surface area contributed by atoms with E-state index in [1.54, 1.807) is 0 Å². The van der Waals surface area contributed by atoms with E-state index >= 15 is 0 Å². The first-order valence-corrected chi connectivity index (χ1v) is 11.5. The summed E-state index contributed by atoms with van der Waals surface area (Å²) in [6.45, 7) is 1.36. The Morgan fingerprint density at radius 1 is 0.424 bits per heavy atom. The minimum Gasteiger partial charge on any atom is -0.381 e. The Kier molecular flexibility index (Phi) is 5.17. The molecule has 33 heavy (non-hydrogen) atoms. The minimum absolute atomic E-state index is 0.680. The van der Waals surface area contributed by atoms with Crippen molar-refractivity contribution in [3.05, 3.63) is 108 Å². The van der Waals surface area contributed by atoms with Crippen LogP contribution in [-0.2, 0) is 17.6 Å². The van der Waals surface area contributed by atoms with Gasteiger partial charge >= 0.3 is 0 Å². The summed E-state index contributed by atoms with van der Waals surface area (Å²) < 4.78 is 6.20. The second-order valence-corrected chi connectivity index (χ2v) is 8.36. The van der Waals surface area contributed by atoms with Crippen LogP contribution in [0.2, 0.25) is 0 Å². The molecule has 0 bridgehead atoms. The number of hydrogen-bond acceptors (Lipinski definition) is 3. The fourth-order valence-electron chi connectivity index (χ4n) is 4.84. The minimum atomic E-state index is 0.680. The Balaban J connectivity index is 1.24. The summed E-state index contributed by atoms with van der Waals surface area (Å²) in [5.74, 6) is 0. The van der Waals surface area contributed by atoms with E-state index in [2.05, 4.69) is 72.8 Å². The van der Waals surface area contributed by atoms with Crippen LogP contribution in [0.5, 0.6) is 0 Å². The second-order valence-electron chi connectivity index (χ2n) is 8.36. The van der Waals surface area contributed by atoms with E-state index in [0.717, 1.165) is 34.9 Å². The molecule has 160 valence electrons. The standard InChI is InChI=1S/C30H24N2O/c1-5-13-27-23(9-1)21(24-10-2-6-14-28(24)31-27)17-19-33-20-18-22-25-11-3-7-15-29(25)32-30-16-8-4-12-26(22)30/h1-16H,17-20H2. The van der Waals surface area contributed by atoms with E-state index in [1.165, 1.54) is 32.7 Å². The summed E-state index contributed by atoms with van der Waals surface area (Å²) in [5.41, 5.74) is 6.80. The van der Waals surface area contributed by atoms with Gasteiger partial charge in [0.05, 0.1) is 35.3 Å². The summed E-state index contributed by atoms with van der Waals surface area (Å²) in [4.78, 5) is 9.67. The quantitative estimate of drug-likeness (QED) is 0.214. The Hall–Kier alpha value is -3.82. The average Bonchev–Trinajstić information content (AvgIpc) is 2.87. The largest absolute Gasteiger partial charge is 0.381 e. The van der Waals surface area contributed by atoms with Crippen molar-refractivity contribution >= 4 is 43.6 Å². The van der Waals surface area contributed by atoms with Gasteiger partial charge in [0.25, 0.3) is 0 Å². The third-order valence-corrected chi connectivity index (χ3v) is 6.39. The number of para-hydroxylation sites is 4. The van der Waals surface area contributed by atoms with Crippen molar-refractivity contribution in [2.75, 3.05) is 13.2 Å². The molecule has 3 heteroatoms. The summed E-state index contributed by atoms with van der Waals surface area (Å²) >= 11 is 0. The molecule has 6 rings (SSSR count). The molecule has 0 atom stereocenters. The van der Waals surface area contributed by atoms with Crippen molar-refractivity contribution < 1.29 is 4.74 Å². The Morgan fingerprint density at radius 2 is 0.727 bits per heavy atom. The Morgan fingerprint density at radius 3 is 1.06 bits per heavy atom. The maximum atomic E-state index is 6.20. The molecule has 0 saturated carbocycles. The fraction of sp³-hybridized carbons (Fsp3) is 0.133. The molecular weight excluding hydrogens is 404 g/mol. The van der Waals surface area contributed by atoms with Gasteiger partial charge in [0.1, 0.15) is 0 Å². The zero-order chi connectivity index (χ0) is 22.0. The van der Waals surface area contributed by atoms with E-state index in [0.29, 0.717) is 13.2 Å². The smallest absolute Gasteiger partial charge is 0.0712 e. The van der Waals surface area contributed by atoms with Crippen molar-refractivity contribution in [1.29, 1.82) is 0 Å². The molecule has 0 saturated heterocycles. The third-order valence-electron chi connectivity index (χ3n) is 6.39. The molecule has 3 nitrogen and oxygen atoms in total. The van der Waals surface area contributed by atoms with E-state index in [1.807, 2.05) is 24.3 Å². The van der Waals surface area contributed by atoms with Gasteiger partial charge in [0, 0.05) is 21.5 Å². The van der Waals surface area contributed by atoms with E-state index < -0.39 is 0 Å². The first kappa shape index (κ1) is 19.8. The van der Waals surface area contributed by atoms with Gasteiger partial charge in [0.2, 0.25) is 0 Å². The van der Waals surface area contributed by atoms with E-state index in [9.17, 15) is 0 Å². The second kappa shape index (κ2) is 8.61. The highest BCUT2D eigenvalue weighted by Gasteiger charge is 2.10. The lowest BCUT2D eigenvalue weighted by Crippen LogP contribution is -2.05. The van der Waals surface area contributed by atoms with Crippen molar-refractivity contribution in [1.82, 2.24) is 9.97 Å². The van der Waals surface area contributed by atoms with Crippen LogP contribution in [0.25, 0.3) is 43.6 Å². The predicted molar refractivity (Wildman–Crippen MR) is 137 cm³/mol. The number of ether oxygens (including phenoxy) is 1. The van der Waals surface area contributed by atoms with Crippen LogP contribution in [0.1, 0.15) is 11.1 Å². The number of aromatic nitrogens is 2. The number of nitrogens with zero attached hydrogens (tertiary/aromatic N) is 2. The highest BCUT2D eigenvalue weighted by atomic mass is 16.5. The molecule has 0 aliphatic rings. The van der Waals surface area contributed by atoms with E-state index in [4.69, 9.17) is 14.7 Å². The zero-order valence-electron chi connectivity index (χ0n) is 18.4. The third kappa shape index (κ3) is 3.71. The number of hydrogen-bond donors (Lipinski definition) is 0. The topological polar surface area (TPSA) is 35.0 Å². The molecule has 0 unspecified atom stereocenters. The Bertz CT molecular complexity index is 1380. The predicted octanol–water partition coefficient (Wildman–Crippen LogP) is 6.89. The van der Waals surface area contributed by atoms with Crippen molar-refractivity contribution in [3.63, 3.8) is 0 Å². The van der Waals surface area contributed by atoms with Crippen LogP contribution in [-0.4, -0.2) is 23.2 Å². The van der Waals surface area contributed by atoms with Gasteiger partial charge in [-0.15, -0.1) is 0 Å². The van der Waals surface area contributed by atoms with Crippen molar-refractivity contribution in [2.24, 2.45) is 0 Å². The molecule has 0 fully saturated rings. The molecular formula is C30H24N2O. The summed E-state index contributed by atoms with van der Waals surface area (Å²) in [6.07, 6.45) is 1.72. The lowest BCUT2D eigenvalue weighted by molar-refractivity contribution is 0.141. The molecule has 0 spiro atoms. The van der Waals surface area contributed by atoms with Gasteiger partial charge < -0.3 is 4.74 Å². The van der Waals surface area contributed by atoms with Gasteiger partial charge in [-0.3, -0.25) is 0 Å². The number of benzene rings is 4. The Labute approximate surface area is 192 Å². The van der Waals surface area contributed by atoms with Crippen molar-refractivity contribution in [3.8, 4) is 0 Å². The molecule has 0 radical (unpaired) electrons. The first-order valence-electron chi connectivity index (χ1n) is 11.5. The summed E-state index contributed by atoms with van der Waals surface area (Å²) in [5, 5.41) is 4.86. The molecule has 0 N–H and O–H groups in total. The first-order chi connectivity index (χ1) is 16.4. The van der Waals surface area contributed by atoms with Crippen LogP contribution >= 0.6 is 0 Å². The normalized spacial score (nSPS) is 11.6. The molecule has 6 aromatic rings. The average molecular weight is 429 g/mol. The fourth-order valence-corrected chi connectivity index (χ4v) is 4.84. The molecule has 2 aromatic heterocycles. The van der Waals surface area contributed by atoms with Gasteiger partial charge in [-0.1, -0.05) is 72.8 Å². The molecule has 0 aliphatic heterocycles. The van der Waals surface area contributed by atoms with Gasteiger partial charge in [-0.25, -0.2) is 9.97 Å². The highest BCUT2D eigenvalue weighted by molar-refractivity contribution is 5.98. The molecule has 4 aromatic carbocycles. The summed E-state index contributed by atoms with van der Waals surface area (Å²) in [6, 6.07) is 33.6. The molecule has 0 amide bonds. The molecule has 0 aliphatic carbocycles. The lowest BCUT2D eigenvalue weighted by atomic mass is 10.00. The summed E-state index contributed by atoms with van der Waals surface area (Å²) in [7, 11) is 0. The monoisotopic (exact) mass is 428 g/mol. The van der Waals surface area contributed by atoms with Crippen LogP contribution < -0.4 is 0 Å². The molecule has 2 heterocycles. The maximum Gasteiger partial charge on any atom is 0.0712 e. The number of rotatable bonds is 6. The number of pyridine rings is 2. The van der Waals surface area contributed by atoms with Crippen LogP contribution in [0.3, 0.4) is 0 Å². The van der Waals surface area contributed by atoms with Crippen LogP contribution in [0, 0.1) is 0 Å². The van der Waals surface area contributed by atoms with E-state index in [-0.39, 0.29) is 0 Å². The lowest BCUT2D eigenvalue weighted by Gasteiger charge is -2.13. The zero-order valence-corrected chi connectivity index (χ0v) is 18.4.